The number of hydrogen-bond donors (Lipinski definition) is 1. The van der Waals surface area contributed by atoms with Gasteiger partial charge in [0, 0.05) is 23.0 Å². The maximum Gasteiger partial charge on any atom is 0.340 e. The van der Waals surface area contributed by atoms with Gasteiger partial charge in [0.2, 0.25) is 0 Å². The molecular formula is C12H12ClNO3. The van der Waals surface area contributed by atoms with E-state index in [4.69, 9.17) is 11.6 Å². The molecule has 1 heterocycles. The number of esters is 1. The minimum Gasteiger partial charge on any atom is -0.467 e. The quantitative estimate of drug-likeness (QED) is 0.834. The average Bonchev–Trinajstić information content (AvgIpc) is 2.65. The van der Waals surface area contributed by atoms with Gasteiger partial charge in [-0.05, 0) is 18.2 Å². The van der Waals surface area contributed by atoms with Crippen LogP contribution in [-0.2, 0) is 16.6 Å². The number of aryl methyl sites for hydroxylation is 1. The predicted molar refractivity (Wildman–Crippen MR) is 64.9 cm³/mol. The van der Waals surface area contributed by atoms with Gasteiger partial charge >= 0.3 is 5.97 Å². The average molecular weight is 254 g/mol. The molecule has 0 saturated carbocycles. The minimum atomic E-state index is -1.28. The highest BCUT2D eigenvalue weighted by Crippen LogP contribution is 2.26. The van der Waals surface area contributed by atoms with Gasteiger partial charge in [-0.1, -0.05) is 17.7 Å². The van der Waals surface area contributed by atoms with Gasteiger partial charge in [-0.15, -0.1) is 0 Å². The van der Waals surface area contributed by atoms with Gasteiger partial charge < -0.3 is 14.4 Å². The molecule has 90 valence electrons. The van der Waals surface area contributed by atoms with Gasteiger partial charge in [0.15, 0.2) is 6.10 Å². The number of benzene rings is 1. The van der Waals surface area contributed by atoms with Crippen molar-refractivity contribution in [1.82, 2.24) is 4.57 Å². The van der Waals surface area contributed by atoms with Gasteiger partial charge in [0.05, 0.1) is 12.8 Å². The second kappa shape index (κ2) is 4.39. The van der Waals surface area contributed by atoms with E-state index < -0.39 is 12.1 Å². The van der Waals surface area contributed by atoms with E-state index in [-0.39, 0.29) is 0 Å². The highest BCUT2D eigenvalue weighted by atomic mass is 35.5. The Morgan fingerprint density at radius 2 is 2.18 bits per heavy atom. The van der Waals surface area contributed by atoms with Crippen LogP contribution in [0, 0.1) is 0 Å². The highest BCUT2D eigenvalue weighted by Gasteiger charge is 2.22. The molecule has 0 radical (unpaired) electrons. The summed E-state index contributed by atoms with van der Waals surface area (Å²) in [6.45, 7) is 0. The Morgan fingerprint density at radius 3 is 2.82 bits per heavy atom. The summed E-state index contributed by atoms with van der Waals surface area (Å²) < 4.78 is 6.24. The van der Waals surface area contributed by atoms with Gasteiger partial charge in [0.25, 0.3) is 0 Å². The van der Waals surface area contributed by atoms with Gasteiger partial charge in [-0.25, -0.2) is 4.79 Å². The zero-order valence-corrected chi connectivity index (χ0v) is 10.2. The van der Waals surface area contributed by atoms with Crippen LogP contribution in [0.15, 0.2) is 24.3 Å². The lowest BCUT2D eigenvalue weighted by atomic mass is 10.2. The monoisotopic (exact) mass is 253 g/mol. The van der Waals surface area contributed by atoms with E-state index in [1.54, 1.807) is 29.8 Å². The molecular weight excluding hydrogens is 242 g/mol. The summed E-state index contributed by atoms with van der Waals surface area (Å²) in [4.78, 5) is 11.3. The summed E-state index contributed by atoms with van der Waals surface area (Å²) in [5, 5.41) is 11.3. The normalized spacial score (nSPS) is 12.7. The van der Waals surface area contributed by atoms with Crippen LogP contribution in [0.2, 0.25) is 5.02 Å². The van der Waals surface area contributed by atoms with Crippen molar-refractivity contribution in [3.8, 4) is 0 Å². The van der Waals surface area contributed by atoms with Crippen LogP contribution in [0.3, 0.4) is 0 Å². The van der Waals surface area contributed by atoms with Crippen LogP contribution < -0.4 is 0 Å². The molecule has 0 fully saturated rings. The van der Waals surface area contributed by atoms with Crippen LogP contribution in [0.5, 0.6) is 0 Å². The number of nitrogens with zero attached hydrogens (tertiary/aromatic N) is 1. The van der Waals surface area contributed by atoms with E-state index in [9.17, 15) is 9.90 Å². The number of methoxy groups -OCH3 is 1. The van der Waals surface area contributed by atoms with Crippen molar-refractivity contribution in [2.24, 2.45) is 7.05 Å². The Hall–Kier alpha value is -1.52. The van der Waals surface area contributed by atoms with Crippen molar-refractivity contribution in [2.45, 2.75) is 6.10 Å². The second-order valence-corrected chi connectivity index (χ2v) is 4.19. The molecule has 0 aliphatic heterocycles. The van der Waals surface area contributed by atoms with E-state index in [0.717, 1.165) is 10.9 Å². The maximum absolute atomic E-state index is 11.3. The van der Waals surface area contributed by atoms with E-state index in [0.29, 0.717) is 10.7 Å². The van der Waals surface area contributed by atoms with Crippen molar-refractivity contribution >= 4 is 28.5 Å². The molecule has 4 nitrogen and oxygen atoms in total. The van der Waals surface area contributed by atoms with Crippen molar-refractivity contribution in [1.29, 1.82) is 0 Å². The fourth-order valence-corrected chi connectivity index (χ4v) is 1.99. The van der Waals surface area contributed by atoms with Crippen molar-refractivity contribution in [3.63, 3.8) is 0 Å². The molecule has 0 spiro atoms. The number of ether oxygens (including phenoxy) is 1. The molecule has 0 bridgehead atoms. The molecule has 5 heteroatoms. The Balaban J connectivity index is 2.56. The van der Waals surface area contributed by atoms with E-state index in [1.165, 1.54) is 7.11 Å². The summed E-state index contributed by atoms with van der Waals surface area (Å²) in [6, 6.07) is 7.13. The van der Waals surface area contributed by atoms with Crippen molar-refractivity contribution in [2.75, 3.05) is 7.11 Å². The third-order valence-corrected chi connectivity index (χ3v) is 2.98. The molecule has 0 aliphatic rings. The van der Waals surface area contributed by atoms with Crippen LogP contribution in [0.25, 0.3) is 10.9 Å². The number of rotatable bonds is 2. The molecule has 0 aliphatic carbocycles. The largest absolute Gasteiger partial charge is 0.467 e. The SMILES string of the molecule is COC(=O)C(O)c1cc2ccc(Cl)cc2n1C. The first-order valence-corrected chi connectivity index (χ1v) is 5.43. The molecule has 0 saturated heterocycles. The van der Waals surface area contributed by atoms with Crippen molar-refractivity contribution in [3.05, 3.63) is 35.0 Å². The Kier molecular flexibility index (Phi) is 3.09. The number of hydrogen-bond acceptors (Lipinski definition) is 3. The van der Waals surface area contributed by atoms with E-state index in [2.05, 4.69) is 4.74 Å². The van der Waals surface area contributed by atoms with Gasteiger partial charge in [0.1, 0.15) is 0 Å². The number of aliphatic hydroxyl groups excluding tert-OH is 1. The molecule has 1 aromatic carbocycles. The summed E-state index contributed by atoms with van der Waals surface area (Å²) in [5.41, 5.74) is 1.34. The fourth-order valence-electron chi connectivity index (χ4n) is 1.82. The standard InChI is InChI=1S/C12H12ClNO3/c1-14-9-6-8(13)4-3-7(9)5-10(14)11(15)12(16)17-2/h3-6,11,15H,1-2H3. The zero-order chi connectivity index (χ0) is 12.6. The molecule has 2 rings (SSSR count). The number of aliphatic hydroxyl groups is 1. The van der Waals surface area contributed by atoms with Gasteiger partial charge in [-0.3, -0.25) is 0 Å². The Bertz CT molecular complexity index is 576. The lowest BCUT2D eigenvalue weighted by Gasteiger charge is -2.09. The Labute approximate surface area is 103 Å². The predicted octanol–water partition coefficient (Wildman–Crippen LogP) is 2.04. The smallest absolute Gasteiger partial charge is 0.340 e. The summed E-state index contributed by atoms with van der Waals surface area (Å²) >= 11 is 5.90. The first-order chi connectivity index (χ1) is 8.04. The third-order valence-electron chi connectivity index (χ3n) is 2.75. The third kappa shape index (κ3) is 2.01. The first-order valence-electron chi connectivity index (χ1n) is 5.05. The molecule has 0 amide bonds. The van der Waals surface area contributed by atoms with E-state index in [1.807, 2.05) is 6.07 Å². The first kappa shape index (κ1) is 12.0. The van der Waals surface area contributed by atoms with Crippen LogP contribution >= 0.6 is 11.6 Å². The van der Waals surface area contributed by atoms with Crippen LogP contribution in [0.4, 0.5) is 0 Å². The van der Waals surface area contributed by atoms with Crippen LogP contribution in [-0.4, -0.2) is 22.8 Å². The number of fused-ring (bicyclic) bond motifs is 1. The minimum absolute atomic E-state index is 0.481. The lowest BCUT2D eigenvalue weighted by molar-refractivity contribution is -0.151. The molecule has 17 heavy (non-hydrogen) atoms. The zero-order valence-electron chi connectivity index (χ0n) is 9.48. The number of carbonyl (C=O) groups excluding carboxylic acids is 1. The second-order valence-electron chi connectivity index (χ2n) is 3.76. The number of aromatic nitrogens is 1. The summed E-state index contributed by atoms with van der Waals surface area (Å²) in [5.74, 6) is -0.679. The number of carbonyl (C=O) groups is 1. The Morgan fingerprint density at radius 1 is 1.47 bits per heavy atom. The van der Waals surface area contributed by atoms with Gasteiger partial charge in [-0.2, -0.15) is 0 Å². The molecule has 1 aromatic heterocycles. The molecule has 1 N–H and O–H groups in total. The fraction of sp³-hybridized carbons (Fsp3) is 0.250. The topological polar surface area (TPSA) is 51.5 Å². The lowest BCUT2D eigenvalue weighted by Crippen LogP contribution is -2.16. The molecule has 2 aromatic rings. The van der Waals surface area contributed by atoms with Crippen LogP contribution in [0.1, 0.15) is 11.8 Å². The number of halogens is 1. The van der Waals surface area contributed by atoms with Crippen molar-refractivity contribution < 1.29 is 14.6 Å². The molecule has 1 unspecified atom stereocenters. The molecule has 1 atom stereocenters. The maximum atomic E-state index is 11.3. The highest BCUT2D eigenvalue weighted by molar-refractivity contribution is 6.31. The summed E-state index contributed by atoms with van der Waals surface area (Å²) in [7, 11) is 3.01. The summed E-state index contributed by atoms with van der Waals surface area (Å²) in [6.07, 6.45) is -1.28. The van der Waals surface area contributed by atoms with E-state index >= 15 is 0 Å².